The van der Waals surface area contributed by atoms with Gasteiger partial charge in [-0.25, -0.2) is 8.78 Å². The number of carbonyl (C=O) groups is 2. The first-order chi connectivity index (χ1) is 20.4. The molecule has 6 aromatic rings. The second-order valence-electron chi connectivity index (χ2n) is 9.37. The van der Waals surface area contributed by atoms with Crippen LogP contribution in [0.5, 0.6) is 0 Å². The standard InChI is InChI=1S/C32H21F2O7P/c33-25-15-31-21(13-29(40-31)19-7-3-1-4-8-19)11-23(25)27(35)17-38-42(37)39-18-28(36)24-12-22-14-30(20-9-5-2-6-10-20)41-32(22)16-26(24)34/h1-16,42H,17-18H2. The molecule has 0 atom stereocenters. The summed E-state index contributed by atoms with van der Waals surface area (Å²) in [6.45, 7) is -1.51. The molecule has 2 heterocycles. The average molecular weight is 586 g/mol. The maximum atomic E-state index is 14.7. The zero-order chi connectivity index (χ0) is 29.2. The molecule has 4 aromatic carbocycles. The van der Waals surface area contributed by atoms with E-state index in [1.165, 1.54) is 12.1 Å². The Morgan fingerprint density at radius 1 is 0.619 bits per heavy atom. The smallest absolute Gasteiger partial charge is 0.320 e. The van der Waals surface area contributed by atoms with Gasteiger partial charge in [0.15, 0.2) is 11.6 Å². The first-order valence-corrected chi connectivity index (χ1v) is 14.0. The Balaban J connectivity index is 1.08. The number of fused-ring (bicyclic) bond motifs is 2. The van der Waals surface area contributed by atoms with Gasteiger partial charge in [-0.3, -0.25) is 14.2 Å². The Morgan fingerprint density at radius 3 is 1.43 bits per heavy atom. The summed E-state index contributed by atoms with van der Waals surface area (Å²) in [6, 6.07) is 26.6. The predicted octanol–water partition coefficient (Wildman–Crippen LogP) is 8.28. The number of furan rings is 2. The molecule has 0 radical (unpaired) electrons. The SMILES string of the molecule is O=C(CO[PH](=O)OCC(=O)c1cc2cc(-c3ccccc3)oc2cc1F)c1cc2cc(-c3ccccc3)oc2cc1F. The topological polar surface area (TPSA) is 96.0 Å². The van der Waals surface area contributed by atoms with Crippen molar-refractivity contribution >= 4 is 41.8 Å². The van der Waals surface area contributed by atoms with Crippen LogP contribution in [-0.2, 0) is 13.6 Å². The maximum Gasteiger partial charge on any atom is 0.320 e. The zero-order valence-electron chi connectivity index (χ0n) is 21.8. The van der Waals surface area contributed by atoms with Crippen LogP contribution in [0.2, 0.25) is 0 Å². The largest absolute Gasteiger partial charge is 0.456 e. The van der Waals surface area contributed by atoms with Gasteiger partial charge in [0.25, 0.3) is 0 Å². The summed E-state index contributed by atoms with van der Waals surface area (Å²) in [5, 5.41) is 1.00. The summed E-state index contributed by atoms with van der Waals surface area (Å²) < 4.78 is 62.9. The number of ketones is 2. The molecule has 0 aliphatic carbocycles. The van der Waals surface area contributed by atoms with Crippen LogP contribution in [-0.4, -0.2) is 24.8 Å². The van der Waals surface area contributed by atoms with E-state index < -0.39 is 44.7 Å². The van der Waals surface area contributed by atoms with Gasteiger partial charge in [0.1, 0.15) is 47.5 Å². The van der Waals surface area contributed by atoms with Gasteiger partial charge in [-0.05, 0) is 24.3 Å². The summed E-state index contributed by atoms with van der Waals surface area (Å²) in [4.78, 5) is 25.2. The average Bonchev–Trinajstić information content (AvgIpc) is 3.62. The number of halogens is 2. The highest BCUT2D eigenvalue weighted by molar-refractivity contribution is 7.33. The quantitative estimate of drug-likeness (QED) is 0.118. The summed E-state index contributed by atoms with van der Waals surface area (Å²) in [5.74, 6) is -2.21. The Bertz CT molecular complexity index is 1820. The third kappa shape index (κ3) is 5.71. The molecule has 0 saturated carbocycles. The summed E-state index contributed by atoms with van der Waals surface area (Å²) in [5.41, 5.74) is 1.54. The molecule has 0 N–H and O–H groups in total. The van der Waals surface area contributed by atoms with Gasteiger partial charge in [0.2, 0.25) is 0 Å². The lowest BCUT2D eigenvalue weighted by atomic mass is 10.1. The Morgan fingerprint density at radius 2 is 1.02 bits per heavy atom. The van der Waals surface area contributed by atoms with E-state index in [2.05, 4.69) is 0 Å². The van der Waals surface area contributed by atoms with E-state index in [0.29, 0.717) is 22.3 Å². The fourth-order valence-corrected chi connectivity index (χ4v) is 5.07. The van der Waals surface area contributed by atoms with E-state index >= 15 is 0 Å². The molecule has 0 saturated heterocycles. The molecular formula is C32H21F2O7P. The van der Waals surface area contributed by atoms with Crippen molar-refractivity contribution in [1.29, 1.82) is 0 Å². The van der Waals surface area contributed by atoms with Crippen molar-refractivity contribution in [2.45, 2.75) is 0 Å². The number of carbonyl (C=O) groups excluding carboxylic acids is 2. The van der Waals surface area contributed by atoms with Crippen LogP contribution in [0.15, 0.2) is 106 Å². The molecule has 0 bridgehead atoms. The fourth-order valence-electron chi connectivity index (χ4n) is 4.49. The number of hydrogen-bond acceptors (Lipinski definition) is 7. The van der Waals surface area contributed by atoms with Gasteiger partial charge in [-0.15, -0.1) is 0 Å². The molecule has 42 heavy (non-hydrogen) atoms. The first kappa shape index (κ1) is 27.5. The summed E-state index contributed by atoms with van der Waals surface area (Å²) in [7, 11) is -3.34. The molecule has 2 aromatic heterocycles. The zero-order valence-corrected chi connectivity index (χ0v) is 22.8. The molecule has 0 aliphatic rings. The molecule has 0 amide bonds. The highest BCUT2D eigenvalue weighted by Gasteiger charge is 2.20. The minimum absolute atomic E-state index is 0.261. The van der Waals surface area contributed by atoms with E-state index in [4.69, 9.17) is 17.9 Å². The number of benzene rings is 4. The highest BCUT2D eigenvalue weighted by atomic mass is 31.1. The van der Waals surface area contributed by atoms with Gasteiger partial charge in [0.05, 0.1) is 11.1 Å². The van der Waals surface area contributed by atoms with E-state index in [0.717, 1.165) is 23.3 Å². The molecule has 0 unspecified atom stereocenters. The minimum atomic E-state index is -3.34. The third-order valence-electron chi connectivity index (χ3n) is 6.57. The molecule has 0 aliphatic heterocycles. The van der Waals surface area contributed by atoms with Crippen LogP contribution in [0.3, 0.4) is 0 Å². The molecule has 10 heteroatoms. The lowest BCUT2D eigenvalue weighted by Gasteiger charge is -2.07. The molecule has 210 valence electrons. The van der Waals surface area contributed by atoms with Crippen molar-refractivity contribution in [3.05, 3.63) is 120 Å². The van der Waals surface area contributed by atoms with Crippen molar-refractivity contribution < 1.29 is 40.8 Å². The lowest BCUT2D eigenvalue weighted by Crippen LogP contribution is -2.11. The van der Waals surface area contributed by atoms with Crippen LogP contribution in [0.25, 0.3) is 44.6 Å². The lowest BCUT2D eigenvalue weighted by molar-refractivity contribution is 0.0873. The van der Waals surface area contributed by atoms with Crippen molar-refractivity contribution in [2.75, 3.05) is 13.2 Å². The monoisotopic (exact) mass is 586 g/mol. The van der Waals surface area contributed by atoms with Crippen LogP contribution < -0.4 is 0 Å². The Hall–Kier alpha value is -4.69. The minimum Gasteiger partial charge on any atom is -0.456 e. The van der Waals surface area contributed by atoms with Crippen molar-refractivity contribution in [3.63, 3.8) is 0 Å². The van der Waals surface area contributed by atoms with Crippen molar-refractivity contribution in [3.8, 4) is 22.6 Å². The molecule has 7 nitrogen and oxygen atoms in total. The van der Waals surface area contributed by atoms with E-state index in [9.17, 15) is 22.9 Å². The molecule has 0 fully saturated rings. The summed E-state index contributed by atoms with van der Waals surface area (Å²) in [6.07, 6.45) is 0. The van der Waals surface area contributed by atoms with Crippen LogP contribution in [0.4, 0.5) is 8.78 Å². The van der Waals surface area contributed by atoms with E-state index in [-0.39, 0.29) is 22.3 Å². The molecular weight excluding hydrogens is 565 g/mol. The van der Waals surface area contributed by atoms with Crippen LogP contribution in [0, 0.1) is 11.6 Å². The normalized spacial score (nSPS) is 11.5. The maximum absolute atomic E-state index is 14.7. The van der Waals surface area contributed by atoms with Crippen molar-refractivity contribution in [1.82, 2.24) is 0 Å². The van der Waals surface area contributed by atoms with E-state index in [1.807, 2.05) is 60.7 Å². The summed E-state index contributed by atoms with van der Waals surface area (Å²) >= 11 is 0. The second kappa shape index (κ2) is 11.7. The van der Waals surface area contributed by atoms with E-state index in [1.54, 1.807) is 12.1 Å². The Kier molecular flexibility index (Phi) is 7.63. The second-order valence-corrected chi connectivity index (χ2v) is 10.4. The van der Waals surface area contributed by atoms with Gasteiger partial charge in [-0.1, -0.05) is 60.7 Å². The predicted molar refractivity (Wildman–Crippen MR) is 153 cm³/mol. The van der Waals surface area contributed by atoms with Gasteiger partial charge < -0.3 is 17.9 Å². The fraction of sp³-hybridized carbons (Fsp3) is 0.0625. The molecule has 0 spiro atoms. The molecule has 6 rings (SSSR count). The van der Waals surface area contributed by atoms with Gasteiger partial charge in [0, 0.05) is 34.0 Å². The number of Topliss-reactive ketones (excluding diaryl/α,β-unsaturated/α-hetero) is 2. The highest BCUT2D eigenvalue weighted by Crippen LogP contribution is 2.32. The van der Waals surface area contributed by atoms with Crippen molar-refractivity contribution in [2.24, 2.45) is 0 Å². The van der Waals surface area contributed by atoms with Gasteiger partial charge >= 0.3 is 8.25 Å². The third-order valence-corrected chi connectivity index (χ3v) is 7.33. The first-order valence-electron chi connectivity index (χ1n) is 12.8. The van der Waals surface area contributed by atoms with Gasteiger partial charge in [-0.2, -0.15) is 0 Å². The Labute approximate surface area is 238 Å². The van der Waals surface area contributed by atoms with Crippen LogP contribution >= 0.6 is 8.25 Å². The number of hydrogen-bond donors (Lipinski definition) is 0. The van der Waals surface area contributed by atoms with Crippen LogP contribution in [0.1, 0.15) is 20.7 Å². The number of rotatable bonds is 10.